The molecule has 0 fully saturated rings. The minimum Gasteiger partial charge on any atom is -0.396 e. The number of halogens is 2. The highest BCUT2D eigenvalue weighted by Gasteiger charge is 2.26. The lowest BCUT2D eigenvalue weighted by atomic mass is 9.78. The molecule has 0 spiro atoms. The Morgan fingerprint density at radius 1 is 1.19 bits per heavy atom. The number of aliphatic hydroxyl groups excluding tert-OH is 1. The summed E-state index contributed by atoms with van der Waals surface area (Å²) in [6.07, 6.45) is 2.64. The first-order chi connectivity index (χ1) is 7.58. The average Bonchev–Trinajstić information content (AvgIpc) is 2.32. The second kappa shape index (κ2) is 5.90. The molecule has 0 saturated carbocycles. The van der Waals surface area contributed by atoms with Gasteiger partial charge in [0.15, 0.2) is 0 Å². The number of benzene rings is 1. The molecule has 0 aromatic heterocycles. The molecule has 1 rings (SSSR count). The van der Waals surface area contributed by atoms with Crippen molar-refractivity contribution in [1.29, 1.82) is 0 Å². The van der Waals surface area contributed by atoms with Crippen LogP contribution in [0.4, 0.5) is 0 Å². The smallest absolute Gasteiger partial charge is 0.0624 e. The second-order valence-corrected chi connectivity index (χ2v) is 5.04. The summed E-state index contributed by atoms with van der Waals surface area (Å²) in [5.41, 5.74) is 0.945. The predicted molar refractivity (Wildman–Crippen MR) is 70.3 cm³/mol. The third kappa shape index (κ3) is 2.91. The first kappa shape index (κ1) is 13.8. The van der Waals surface area contributed by atoms with Crippen LogP contribution in [0.5, 0.6) is 0 Å². The van der Waals surface area contributed by atoms with Crippen molar-refractivity contribution in [1.82, 2.24) is 0 Å². The molecule has 0 atom stereocenters. The number of hydrogen-bond donors (Lipinski definition) is 1. The molecule has 0 aliphatic carbocycles. The van der Waals surface area contributed by atoms with E-state index in [2.05, 4.69) is 13.8 Å². The van der Waals surface area contributed by atoms with Crippen molar-refractivity contribution in [3.8, 4) is 0 Å². The van der Waals surface area contributed by atoms with Crippen molar-refractivity contribution < 1.29 is 5.11 Å². The van der Waals surface area contributed by atoms with Gasteiger partial charge in [0.25, 0.3) is 0 Å². The third-order valence-corrected chi connectivity index (χ3v) is 4.29. The quantitative estimate of drug-likeness (QED) is 0.836. The van der Waals surface area contributed by atoms with Crippen LogP contribution in [0.1, 0.15) is 32.3 Å². The average molecular weight is 261 g/mol. The van der Waals surface area contributed by atoms with Crippen LogP contribution in [0.3, 0.4) is 0 Å². The largest absolute Gasteiger partial charge is 0.396 e. The Labute approximate surface area is 107 Å². The summed E-state index contributed by atoms with van der Waals surface area (Å²) in [5, 5.41) is 10.7. The Balaban J connectivity index is 2.98. The van der Waals surface area contributed by atoms with E-state index < -0.39 is 0 Å². The van der Waals surface area contributed by atoms with E-state index >= 15 is 0 Å². The minimum atomic E-state index is -0.0751. The number of hydrogen-bond acceptors (Lipinski definition) is 1. The van der Waals surface area contributed by atoms with Gasteiger partial charge in [-0.05, 0) is 36.3 Å². The Hall–Kier alpha value is -0.240. The maximum Gasteiger partial charge on any atom is 0.0624 e. The molecule has 1 N–H and O–H groups in total. The Kier molecular flexibility index (Phi) is 5.10. The van der Waals surface area contributed by atoms with E-state index in [1.165, 1.54) is 0 Å². The summed E-state index contributed by atoms with van der Waals surface area (Å²) in [6.45, 7) is 4.37. The normalized spacial score (nSPS) is 11.8. The van der Waals surface area contributed by atoms with Gasteiger partial charge in [-0.2, -0.15) is 0 Å². The zero-order chi connectivity index (χ0) is 12.2. The lowest BCUT2D eigenvalue weighted by Gasteiger charge is -2.30. The summed E-state index contributed by atoms with van der Waals surface area (Å²) in [4.78, 5) is 0. The highest BCUT2D eigenvalue weighted by atomic mass is 35.5. The minimum absolute atomic E-state index is 0.0751. The molecule has 1 aromatic carbocycles. The van der Waals surface area contributed by atoms with Crippen molar-refractivity contribution in [2.24, 2.45) is 5.41 Å². The van der Waals surface area contributed by atoms with Gasteiger partial charge in [-0.1, -0.05) is 49.2 Å². The highest BCUT2D eigenvalue weighted by molar-refractivity contribution is 6.42. The van der Waals surface area contributed by atoms with Crippen LogP contribution < -0.4 is 0 Å². The van der Waals surface area contributed by atoms with Gasteiger partial charge in [-0.3, -0.25) is 0 Å². The van der Waals surface area contributed by atoms with Gasteiger partial charge in [0.2, 0.25) is 0 Å². The van der Waals surface area contributed by atoms with E-state index in [0.29, 0.717) is 10.0 Å². The van der Waals surface area contributed by atoms with Crippen LogP contribution in [0.2, 0.25) is 10.0 Å². The first-order valence-corrected chi connectivity index (χ1v) is 6.38. The predicted octanol–water partition coefficient (Wildman–Crippen LogP) is 4.33. The fraction of sp³-hybridized carbons (Fsp3) is 0.538. The Morgan fingerprint density at radius 3 is 2.31 bits per heavy atom. The van der Waals surface area contributed by atoms with E-state index in [1.807, 2.05) is 12.1 Å². The Bertz CT molecular complexity index is 338. The molecule has 0 radical (unpaired) electrons. The van der Waals surface area contributed by atoms with Gasteiger partial charge in [0.1, 0.15) is 0 Å². The van der Waals surface area contributed by atoms with Crippen molar-refractivity contribution in [3.63, 3.8) is 0 Å². The number of rotatable bonds is 5. The van der Waals surface area contributed by atoms with E-state index in [1.54, 1.807) is 6.07 Å². The third-order valence-electron chi connectivity index (χ3n) is 3.43. The van der Waals surface area contributed by atoms with E-state index in [-0.39, 0.29) is 12.0 Å². The van der Waals surface area contributed by atoms with Gasteiger partial charge < -0.3 is 5.11 Å². The lowest BCUT2D eigenvalue weighted by Crippen LogP contribution is -2.26. The van der Waals surface area contributed by atoms with Gasteiger partial charge in [0.05, 0.1) is 10.0 Å². The molecule has 3 heteroatoms. The standard InChI is InChI=1S/C13H18Cl2O/c1-3-13(4-2,9-16)8-10-6-5-7-11(14)12(10)15/h5-7,16H,3-4,8-9H2,1-2H3. The van der Waals surface area contributed by atoms with Crippen LogP contribution in [-0.2, 0) is 6.42 Å². The molecule has 1 nitrogen and oxygen atoms in total. The first-order valence-electron chi connectivity index (χ1n) is 5.62. The fourth-order valence-corrected chi connectivity index (χ4v) is 2.26. The van der Waals surface area contributed by atoms with Crippen LogP contribution in [0, 0.1) is 5.41 Å². The second-order valence-electron chi connectivity index (χ2n) is 4.25. The van der Waals surface area contributed by atoms with Gasteiger partial charge >= 0.3 is 0 Å². The van der Waals surface area contributed by atoms with Gasteiger partial charge in [-0.15, -0.1) is 0 Å². The molecule has 0 unspecified atom stereocenters. The molecule has 0 bridgehead atoms. The topological polar surface area (TPSA) is 20.2 Å². The molecule has 0 amide bonds. The van der Waals surface area contributed by atoms with Gasteiger partial charge in [0, 0.05) is 6.61 Å². The molecule has 90 valence electrons. The molecule has 0 aliphatic heterocycles. The maximum atomic E-state index is 9.52. The molecular weight excluding hydrogens is 243 g/mol. The van der Waals surface area contributed by atoms with Gasteiger partial charge in [-0.25, -0.2) is 0 Å². The maximum absolute atomic E-state index is 9.52. The van der Waals surface area contributed by atoms with E-state index in [9.17, 15) is 5.11 Å². The molecule has 0 heterocycles. The van der Waals surface area contributed by atoms with Crippen molar-refractivity contribution in [3.05, 3.63) is 33.8 Å². The highest BCUT2D eigenvalue weighted by Crippen LogP contribution is 2.35. The summed E-state index contributed by atoms with van der Waals surface area (Å²) in [7, 11) is 0. The van der Waals surface area contributed by atoms with Crippen LogP contribution in [0.25, 0.3) is 0 Å². The monoisotopic (exact) mass is 260 g/mol. The SMILES string of the molecule is CCC(CC)(CO)Cc1cccc(Cl)c1Cl. The van der Waals surface area contributed by atoms with Crippen molar-refractivity contribution >= 4 is 23.2 Å². The van der Waals surface area contributed by atoms with Crippen molar-refractivity contribution in [2.75, 3.05) is 6.61 Å². The molecule has 1 aromatic rings. The summed E-state index contributed by atoms with van der Waals surface area (Å²) >= 11 is 12.1. The molecule has 0 saturated heterocycles. The molecule has 16 heavy (non-hydrogen) atoms. The lowest BCUT2D eigenvalue weighted by molar-refractivity contribution is 0.115. The van der Waals surface area contributed by atoms with Crippen molar-refractivity contribution in [2.45, 2.75) is 33.1 Å². The van der Waals surface area contributed by atoms with Crippen LogP contribution in [0.15, 0.2) is 18.2 Å². The number of aliphatic hydroxyl groups is 1. The summed E-state index contributed by atoms with van der Waals surface area (Å²) < 4.78 is 0. The van der Waals surface area contributed by atoms with Crippen LogP contribution in [-0.4, -0.2) is 11.7 Å². The zero-order valence-electron chi connectivity index (χ0n) is 9.76. The molecule has 0 aliphatic rings. The summed E-state index contributed by atoms with van der Waals surface area (Å²) in [6, 6.07) is 5.66. The van der Waals surface area contributed by atoms with Crippen LogP contribution >= 0.6 is 23.2 Å². The fourth-order valence-electron chi connectivity index (χ4n) is 1.87. The Morgan fingerprint density at radius 2 is 1.81 bits per heavy atom. The van der Waals surface area contributed by atoms with E-state index in [4.69, 9.17) is 23.2 Å². The zero-order valence-corrected chi connectivity index (χ0v) is 11.3. The summed E-state index contributed by atoms with van der Waals surface area (Å²) in [5.74, 6) is 0. The van der Waals surface area contributed by atoms with E-state index in [0.717, 1.165) is 24.8 Å². The molecular formula is C13H18Cl2O.